The van der Waals surface area contributed by atoms with E-state index in [1.807, 2.05) is 0 Å². The van der Waals surface area contributed by atoms with E-state index in [9.17, 15) is 0 Å². The van der Waals surface area contributed by atoms with E-state index in [1.54, 1.807) is 18.2 Å². The zero-order valence-corrected chi connectivity index (χ0v) is 11.5. The lowest BCUT2D eigenvalue weighted by Crippen LogP contribution is -1.91. The lowest BCUT2D eigenvalue weighted by atomic mass is 10.0. The van der Waals surface area contributed by atoms with Crippen molar-refractivity contribution in [2.24, 2.45) is 0 Å². The topological polar surface area (TPSA) is 49.8 Å². The van der Waals surface area contributed by atoms with Crippen molar-refractivity contribution in [2.75, 3.05) is 0 Å². The summed E-state index contributed by atoms with van der Waals surface area (Å²) in [5, 5.41) is 14.1. The summed E-state index contributed by atoms with van der Waals surface area (Å²) in [5.41, 5.74) is 2.06. The number of aromatic nitrogens is 1. The van der Waals surface area contributed by atoms with Gasteiger partial charge in [0.1, 0.15) is 11.5 Å². The van der Waals surface area contributed by atoms with Crippen LogP contribution in [0.1, 0.15) is 30.1 Å². The highest BCUT2D eigenvalue weighted by Gasteiger charge is 2.33. The minimum atomic E-state index is 0.256. The summed E-state index contributed by atoms with van der Waals surface area (Å²) in [7, 11) is 0. The molecule has 5 heteroatoms. The van der Waals surface area contributed by atoms with E-state index >= 15 is 0 Å². The summed E-state index contributed by atoms with van der Waals surface area (Å²) in [6, 6.07) is 7.44. The van der Waals surface area contributed by atoms with Gasteiger partial charge in [-0.05, 0) is 25.0 Å². The Morgan fingerprint density at radius 2 is 2.00 bits per heavy atom. The third-order valence-electron chi connectivity index (χ3n) is 3.22. The van der Waals surface area contributed by atoms with Crippen molar-refractivity contribution >= 4 is 23.2 Å². The van der Waals surface area contributed by atoms with Gasteiger partial charge < -0.3 is 4.52 Å². The molecule has 0 atom stereocenters. The highest BCUT2D eigenvalue weighted by atomic mass is 35.5. The van der Waals surface area contributed by atoms with Crippen LogP contribution in [0.25, 0.3) is 11.3 Å². The first-order valence-corrected chi connectivity index (χ1v) is 6.77. The van der Waals surface area contributed by atoms with Crippen LogP contribution in [-0.2, 0) is 6.42 Å². The number of benzene rings is 1. The number of nitriles is 1. The minimum absolute atomic E-state index is 0.256. The van der Waals surface area contributed by atoms with Crippen molar-refractivity contribution in [3.05, 3.63) is 39.6 Å². The second-order valence-electron chi connectivity index (χ2n) is 4.58. The van der Waals surface area contributed by atoms with Gasteiger partial charge in [0.2, 0.25) is 0 Å². The number of hydrogen-bond acceptors (Lipinski definition) is 3. The maximum atomic E-state index is 8.99. The van der Waals surface area contributed by atoms with Crippen molar-refractivity contribution in [3.8, 4) is 17.3 Å². The summed E-state index contributed by atoms with van der Waals surface area (Å²) >= 11 is 12.4. The molecule has 1 aromatic heterocycles. The third-order valence-corrected chi connectivity index (χ3v) is 3.85. The molecule has 1 saturated carbocycles. The van der Waals surface area contributed by atoms with Crippen LogP contribution in [0, 0.1) is 11.3 Å². The molecule has 0 unspecified atom stereocenters. The van der Waals surface area contributed by atoms with Crippen LogP contribution < -0.4 is 0 Å². The van der Waals surface area contributed by atoms with Gasteiger partial charge in [-0.2, -0.15) is 5.26 Å². The smallest absolute Gasteiger partial charge is 0.144 e. The molecule has 0 aliphatic heterocycles. The van der Waals surface area contributed by atoms with Crippen molar-refractivity contribution in [1.29, 1.82) is 5.26 Å². The van der Waals surface area contributed by atoms with E-state index < -0.39 is 0 Å². The Hall–Kier alpha value is -1.50. The highest BCUT2D eigenvalue weighted by Crippen LogP contribution is 2.45. The first-order chi connectivity index (χ1) is 9.22. The first-order valence-electron chi connectivity index (χ1n) is 6.02. The molecule has 0 spiro atoms. The standard InChI is InChI=1S/C14H10Cl2N2O/c15-10-2-1-3-11(16)12(10)13-9(6-7-17)14(19-18-13)8-4-5-8/h1-3,8H,4-6H2. The predicted molar refractivity (Wildman–Crippen MR) is 73.3 cm³/mol. The van der Waals surface area contributed by atoms with Crippen molar-refractivity contribution in [3.63, 3.8) is 0 Å². The third kappa shape index (κ3) is 2.22. The van der Waals surface area contributed by atoms with E-state index in [0.29, 0.717) is 27.2 Å². The Kier molecular flexibility index (Phi) is 3.22. The summed E-state index contributed by atoms with van der Waals surface area (Å²) in [4.78, 5) is 0. The maximum absolute atomic E-state index is 8.99. The van der Waals surface area contributed by atoms with Crippen molar-refractivity contribution in [1.82, 2.24) is 5.16 Å². The van der Waals surface area contributed by atoms with Crippen LogP contribution >= 0.6 is 23.2 Å². The van der Waals surface area contributed by atoms with E-state index in [1.165, 1.54) is 0 Å². The molecule has 0 N–H and O–H groups in total. The first kappa shape index (κ1) is 12.5. The van der Waals surface area contributed by atoms with Gasteiger partial charge in [0, 0.05) is 17.0 Å². The quantitative estimate of drug-likeness (QED) is 0.831. The Balaban J connectivity index is 2.17. The van der Waals surface area contributed by atoms with Gasteiger partial charge in [0.25, 0.3) is 0 Å². The molecule has 96 valence electrons. The van der Waals surface area contributed by atoms with Gasteiger partial charge >= 0.3 is 0 Å². The molecule has 1 heterocycles. The molecule has 1 fully saturated rings. The Morgan fingerprint density at radius 1 is 1.32 bits per heavy atom. The number of nitrogens with zero attached hydrogens (tertiary/aromatic N) is 2. The van der Waals surface area contributed by atoms with E-state index in [4.69, 9.17) is 33.0 Å². The lowest BCUT2D eigenvalue weighted by molar-refractivity contribution is 0.385. The molecule has 1 aromatic carbocycles. The fraction of sp³-hybridized carbons (Fsp3) is 0.286. The fourth-order valence-corrected chi connectivity index (χ4v) is 2.74. The number of halogens is 2. The molecule has 3 rings (SSSR count). The molecule has 2 aromatic rings. The van der Waals surface area contributed by atoms with E-state index in [0.717, 1.165) is 24.2 Å². The Bertz CT molecular complexity index is 648. The molecule has 0 radical (unpaired) electrons. The van der Waals surface area contributed by atoms with Crippen LogP contribution in [0.4, 0.5) is 0 Å². The number of hydrogen-bond donors (Lipinski definition) is 0. The molecule has 1 aliphatic carbocycles. The lowest BCUT2D eigenvalue weighted by Gasteiger charge is -2.04. The van der Waals surface area contributed by atoms with Crippen LogP contribution in [-0.4, -0.2) is 5.16 Å². The number of rotatable bonds is 3. The summed E-state index contributed by atoms with van der Waals surface area (Å²) in [6.07, 6.45) is 2.43. The SMILES string of the molecule is N#CCc1c(-c2c(Cl)cccc2Cl)noc1C1CC1. The normalized spacial score (nSPS) is 14.4. The van der Waals surface area contributed by atoms with Crippen LogP contribution in [0.5, 0.6) is 0 Å². The largest absolute Gasteiger partial charge is 0.360 e. The average Bonchev–Trinajstić information content (AvgIpc) is 3.14. The van der Waals surface area contributed by atoms with Gasteiger partial charge in [-0.1, -0.05) is 34.4 Å². The zero-order valence-electron chi connectivity index (χ0n) is 9.99. The second kappa shape index (κ2) is 4.88. The van der Waals surface area contributed by atoms with E-state index in [-0.39, 0.29) is 6.42 Å². The molecule has 0 amide bonds. The zero-order chi connectivity index (χ0) is 13.4. The maximum Gasteiger partial charge on any atom is 0.144 e. The van der Waals surface area contributed by atoms with Gasteiger partial charge in [-0.3, -0.25) is 0 Å². The summed E-state index contributed by atoms with van der Waals surface area (Å²) in [6.45, 7) is 0. The molecule has 3 nitrogen and oxygen atoms in total. The average molecular weight is 293 g/mol. The molecule has 0 bridgehead atoms. The minimum Gasteiger partial charge on any atom is -0.360 e. The summed E-state index contributed by atoms with van der Waals surface area (Å²) < 4.78 is 5.42. The predicted octanol–water partition coefficient (Wildman–Crippen LogP) is 4.59. The van der Waals surface area contributed by atoms with Crippen molar-refractivity contribution < 1.29 is 4.52 Å². The molecular weight excluding hydrogens is 283 g/mol. The van der Waals surface area contributed by atoms with E-state index in [2.05, 4.69) is 11.2 Å². The van der Waals surface area contributed by atoms with Gasteiger partial charge in [-0.15, -0.1) is 0 Å². The highest BCUT2D eigenvalue weighted by molar-refractivity contribution is 6.39. The molecular formula is C14H10Cl2N2O. The molecule has 1 aliphatic rings. The van der Waals surface area contributed by atoms with Gasteiger partial charge in [0.05, 0.1) is 22.5 Å². The van der Waals surface area contributed by atoms with Crippen LogP contribution in [0.3, 0.4) is 0 Å². The Labute approximate surface area is 120 Å². The summed E-state index contributed by atoms with van der Waals surface area (Å²) in [5.74, 6) is 1.21. The molecule has 0 saturated heterocycles. The van der Waals surface area contributed by atoms with Crippen molar-refractivity contribution in [2.45, 2.75) is 25.2 Å². The molecule has 19 heavy (non-hydrogen) atoms. The Morgan fingerprint density at radius 3 is 2.58 bits per heavy atom. The monoisotopic (exact) mass is 292 g/mol. The van der Waals surface area contributed by atoms with Gasteiger partial charge in [-0.25, -0.2) is 0 Å². The second-order valence-corrected chi connectivity index (χ2v) is 5.39. The fourth-order valence-electron chi connectivity index (χ4n) is 2.16. The van der Waals surface area contributed by atoms with Crippen LogP contribution in [0.15, 0.2) is 22.7 Å². The van der Waals surface area contributed by atoms with Gasteiger partial charge in [0.15, 0.2) is 0 Å². The van der Waals surface area contributed by atoms with Crippen LogP contribution in [0.2, 0.25) is 10.0 Å².